The molecule has 220 valence electrons. The lowest BCUT2D eigenvalue weighted by Crippen LogP contribution is -2.05. The highest BCUT2D eigenvalue weighted by atomic mass is 16.5. The van der Waals surface area contributed by atoms with Gasteiger partial charge in [0.15, 0.2) is 0 Å². The van der Waals surface area contributed by atoms with Gasteiger partial charge in [-0.1, -0.05) is 159 Å². The van der Waals surface area contributed by atoms with Crippen LogP contribution in [0.5, 0.6) is 0 Å². The molecular weight excluding hydrogens is 464 g/mol. The minimum atomic E-state index is -0.0319. The van der Waals surface area contributed by atoms with Crippen LogP contribution in [0.25, 0.3) is 0 Å². The number of hydrogen-bond donors (Lipinski definition) is 0. The summed E-state index contributed by atoms with van der Waals surface area (Å²) in [5.41, 5.74) is 0. The van der Waals surface area contributed by atoms with E-state index >= 15 is 0 Å². The van der Waals surface area contributed by atoms with E-state index in [0.29, 0.717) is 13.0 Å². The Kier molecular flexibility index (Phi) is 32.1. The number of carbonyl (C=O) groups excluding carboxylic acids is 1. The van der Waals surface area contributed by atoms with Crippen molar-refractivity contribution in [2.24, 2.45) is 0 Å². The molecule has 0 aliphatic rings. The highest BCUT2D eigenvalue weighted by molar-refractivity contribution is 5.69. The molecule has 0 radical (unpaired) electrons. The van der Waals surface area contributed by atoms with E-state index in [0.717, 1.165) is 38.5 Å². The first-order valence-electron chi connectivity index (χ1n) is 16.6. The van der Waals surface area contributed by atoms with Gasteiger partial charge in [-0.25, -0.2) is 0 Å². The summed E-state index contributed by atoms with van der Waals surface area (Å²) >= 11 is 0. The molecule has 0 fully saturated rings. The number of ether oxygens (including phenoxy) is 1. The van der Waals surface area contributed by atoms with Gasteiger partial charge < -0.3 is 4.74 Å². The number of esters is 1. The van der Waals surface area contributed by atoms with Gasteiger partial charge in [-0.2, -0.15) is 0 Å². The molecule has 0 heterocycles. The normalized spacial score (nSPS) is 12.2. The number of unbranched alkanes of at least 4 members (excludes halogenated alkanes) is 17. The summed E-state index contributed by atoms with van der Waals surface area (Å²) in [5, 5.41) is 0. The summed E-state index contributed by atoms with van der Waals surface area (Å²) in [4.78, 5) is 11.9. The van der Waals surface area contributed by atoms with Crippen LogP contribution in [-0.2, 0) is 9.53 Å². The predicted molar refractivity (Wildman–Crippen MR) is 170 cm³/mol. The van der Waals surface area contributed by atoms with E-state index in [1.807, 2.05) is 0 Å². The second-order valence-corrected chi connectivity index (χ2v) is 10.8. The van der Waals surface area contributed by atoms with Gasteiger partial charge in [-0.3, -0.25) is 4.79 Å². The van der Waals surface area contributed by atoms with Crippen molar-refractivity contribution in [2.75, 3.05) is 6.61 Å². The molecule has 0 aromatic carbocycles. The Morgan fingerprint density at radius 3 is 1.29 bits per heavy atom. The fourth-order valence-corrected chi connectivity index (χ4v) is 4.48. The van der Waals surface area contributed by atoms with Crippen molar-refractivity contribution < 1.29 is 9.53 Å². The van der Waals surface area contributed by atoms with Crippen LogP contribution in [0, 0.1) is 0 Å². The van der Waals surface area contributed by atoms with E-state index < -0.39 is 0 Å². The molecule has 38 heavy (non-hydrogen) atoms. The maximum atomic E-state index is 11.9. The molecule has 0 N–H and O–H groups in total. The largest absolute Gasteiger partial charge is 0.466 e. The summed E-state index contributed by atoms with van der Waals surface area (Å²) in [6.07, 6.45) is 47.3. The SMILES string of the molecule is CCCCCC=CCC=CCC=CCC=CCCCC(=O)OCCCCCCCCCCCCCCCC. The Morgan fingerprint density at radius 2 is 0.816 bits per heavy atom. The first-order valence-corrected chi connectivity index (χ1v) is 16.6. The molecule has 0 aromatic rings. The fraction of sp³-hybridized carbons (Fsp3) is 0.750. The van der Waals surface area contributed by atoms with Crippen LogP contribution in [0.4, 0.5) is 0 Å². The van der Waals surface area contributed by atoms with Crippen LogP contribution < -0.4 is 0 Å². The molecule has 0 amide bonds. The summed E-state index contributed by atoms with van der Waals surface area (Å²) < 4.78 is 5.39. The lowest BCUT2D eigenvalue weighted by molar-refractivity contribution is -0.143. The average molecular weight is 529 g/mol. The summed E-state index contributed by atoms with van der Waals surface area (Å²) in [6.45, 7) is 5.13. The van der Waals surface area contributed by atoms with E-state index in [2.05, 4.69) is 62.5 Å². The maximum absolute atomic E-state index is 11.9. The summed E-state index contributed by atoms with van der Waals surface area (Å²) in [7, 11) is 0. The standard InChI is InChI=1S/C36H64O2/c1-3-5-7-9-11-13-15-17-19-20-21-22-24-26-28-30-32-34-36(37)38-35-33-31-29-27-25-23-18-16-14-12-10-8-6-4-2/h11,13,17,19,21-22,26,28H,3-10,12,14-16,18,20,23-25,27,29-35H2,1-2H3. The average Bonchev–Trinajstić information content (AvgIpc) is 2.92. The minimum Gasteiger partial charge on any atom is -0.466 e. The molecule has 0 atom stereocenters. The molecule has 2 nitrogen and oxygen atoms in total. The quantitative estimate of drug-likeness (QED) is 0.0548. The van der Waals surface area contributed by atoms with Crippen LogP contribution in [-0.4, -0.2) is 12.6 Å². The van der Waals surface area contributed by atoms with Crippen molar-refractivity contribution in [3.8, 4) is 0 Å². The second kappa shape index (κ2) is 33.5. The summed E-state index contributed by atoms with van der Waals surface area (Å²) in [5.74, 6) is -0.0319. The van der Waals surface area contributed by atoms with Crippen molar-refractivity contribution in [3.05, 3.63) is 48.6 Å². The van der Waals surface area contributed by atoms with Gasteiger partial charge in [-0.15, -0.1) is 0 Å². The molecule has 0 saturated heterocycles. The van der Waals surface area contributed by atoms with Crippen molar-refractivity contribution in [1.29, 1.82) is 0 Å². The van der Waals surface area contributed by atoms with Crippen LogP contribution in [0.1, 0.15) is 168 Å². The third-order valence-corrected chi connectivity index (χ3v) is 6.97. The topological polar surface area (TPSA) is 26.3 Å². The van der Waals surface area contributed by atoms with Gasteiger partial charge in [0.25, 0.3) is 0 Å². The van der Waals surface area contributed by atoms with E-state index in [9.17, 15) is 4.79 Å². The maximum Gasteiger partial charge on any atom is 0.305 e. The van der Waals surface area contributed by atoms with Crippen molar-refractivity contribution in [3.63, 3.8) is 0 Å². The molecule has 0 unspecified atom stereocenters. The molecular formula is C36H64O2. The van der Waals surface area contributed by atoms with Gasteiger partial charge in [0, 0.05) is 6.42 Å². The van der Waals surface area contributed by atoms with Crippen LogP contribution >= 0.6 is 0 Å². The molecule has 0 saturated carbocycles. The zero-order valence-electron chi connectivity index (χ0n) is 25.6. The highest BCUT2D eigenvalue weighted by Crippen LogP contribution is 2.13. The molecule has 0 rings (SSSR count). The Morgan fingerprint density at radius 1 is 0.447 bits per heavy atom. The Balaban J connectivity index is 3.35. The van der Waals surface area contributed by atoms with Gasteiger partial charge in [0.05, 0.1) is 6.61 Å². The number of hydrogen-bond acceptors (Lipinski definition) is 2. The highest BCUT2D eigenvalue weighted by Gasteiger charge is 2.01. The van der Waals surface area contributed by atoms with Gasteiger partial charge in [0.2, 0.25) is 0 Å². The first-order chi connectivity index (χ1) is 18.8. The van der Waals surface area contributed by atoms with Crippen LogP contribution in [0.15, 0.2) is 48.6 Å². The molecule has 2 heteroatoms. The van der Waals surface area contributed by atoms with Gasteiger partial charge in [0.1, 0.15) is 0 Å². The molecule has 0 bridgehead atoms. The third kappa shape index (κ3) is 32.5. The fourth-order valence-electron chi connectivity index (χ4n) is 4.48. The first kappa shape index (κ1) is 36.4. The monoisotopic (exact) mass is 528 g/mol. The predicted octanol–water partition coefficient (Wildman–Crippen LogP) is 12.2. The van der Waals surface area contributed by atoms with E-state index in [-0.39, 0.29) is 5.97 Å². The van der Waals surface area contributed by atoms with Gasteiger partial charge in [-0.05, 0) is 51.4 Å². The van der Waals surface area contributed by atoms with Crippen molar-refractivity contribution in [1.82, 2.24) is 0 Å². The zero-order valence-corrected chi connectivity index (χ0v) is 25.6. The van der Waals surface area contributed by atoms with E-state index in [1.54, 1.807) is 0 Å². The second-order valence-electron chi connectivity index (χ2n) is 10.8. The molecule has 0 aliphatic carbocycles. The molecule has 0 aliphatic heterocycles. The lowest BCUT2D eigenvalue weighted by Gasteiger charge is -2.05. The summed E-state index contributed by atoms with van der Waals surface area (Å²) in [6, 6.07) is 0. The number of allylic oxidation sites excluding steroid dienone is 8. The number of carbonyl (C=O) groups is 1. The third-order valence-electron chi connectivity index (χ3n) is 6.97. The molecule has 0 spiro atoms. The Hall–Kier alpha value is -1.57. The lowest BCUT2D eigenvalue weighted by atomic mass is 10.0. The van der Waals surface area contributed by atoms with E-state index in [1.165, 1.54) is 109 Å². The van der Waals surface area contributed by atoms with Crippen LogP contribution in [0.3, 0.4) is 0 Å². The zero-order chi connectivity index (χ0) is 27.6. The van der Waals surface area contributed by atoms with E-state index in [4.69, 9.17) is 4.74 Å². The minimum absolute atomic E-state index is 0.0319. The smallest absolute Gasteiger partial charge is 0.305 e. The van der Waals surface area contributed by atoms with Gasteiger partial charge >= 0.3 is 5.97 Å². The Labute approximate surface area is 238 Å². The molecule has 0 aromatic heterocycles. The Bertz CT molecular complexity index is 584. The van der Waals surface area contributed by atoms with Crippen molar-refractivity contribution in [2.45, 2.75) is 168 Å². The number of rotatable bonds is 29. The van der Waals surface area contributed by atoms with Crippen molar-refractivity contribution >= 4 is 5.97 Å². The van der Waals surface area contributed by atoms with Crippen LogP contribution in [0.2, 0.25) is 0 Å².